The minimum atomic E-state index is -0.336. The number of Topliss-reactive ketones (excluding diaryl/α,β-unsaturated/α-hetero) is 1. The summed E-state index contributed by atoms with van der Waals surface area (Å²) in [5.74, 6) is 0.182. The molecule has 0 spiro atoms. The lowest BCUT2D eigenvalue weighted by atomic mass is 10.1. The van der Waals surface area contributed by atoms with E-state index in [9.17, 15) is 9.18 Å². The molecular formula is C13H15FOS. The number of hydrogen-bond donors (Lipinski definition) is 0. The molecular weight excluding hydrogens is 223 g/mol. The molecule has 1 saturated carbocycles. The van der Waals surface area contributed by atoms with Crippen molar-refractivity contribution in [3.8, 4) is 0 Å². The number of thioether (sulfide) groups is 1. The van der Waals surface area contributed by atoms with Crippen LogP contribution in [-0.4, -0.2) is 16.8 Å². The van der Waals surface area contributed by atoms with Crippen LogP contribution in [0.4, 0.5) is 4.39 Å². The smallest absolute Gasteiger partial charge is 0.172 e. The van der Waals surface area contributed by atoms with Crippen molar-refractivity contribution in [2.45, 2.75) is 30.9 Å². The van der Waals surface area contributed by atoms with Crippen LogP contribution in [0.3, 0.4) is 0 Å². The van der Waals surface area contributed by atoms with Crippen LogP contribution in [0.2, 0.25) is 0 Å². The Bertz CT molecular complexity index is 372. The van der Waals surface area contributed by atoms with E-state index in [0.717, 1.165) is 0 Å². The van der Waals surface area contributed by atoms with Crippen LogP contribution in [0.1, 0.15) is 36.0 Å². The Morgan fingerprint density at radius 2 is 2.12 bits per heavy atom. The molecule has 1 aliphatic rings. The van der Waals surface area contributed by atoms with Gasteiger partial charge in [0, 0.05) is 10.8 Å². The van der Waals surface area contributed by atoms with Gasteiger partial charge in [0.05, 0.1) is 5.75 Å². The molecule has 0 amide bonds. The molecule has 0 heterocycles. The van der Waals surface area contributed by atoms with Crippen molar-refractivity contribution < 1.29 is 9.18 Å². The van der Waals surface area contributed by atoms with Crippen molar-refractivity contribution >= 4 is 17.5 Å². The van der Waals surface area contributed by atoms with Gasteiger partial charge in [0.15, 0.2) is 5.78 Å². The van der Waals surface area contributed by atoms with E-state index in [1.807, 2.05) is 0 Å². The van der Waals surface area contributed by atoms with Crippen LogP contribution in [0, 0.1) is 5.82 Å². The first kappa shape index (κ1) is 11.6. The summed E-state index contributed by atoms with van der Waals surface area (Å²) in [5, 5.41) is 0.637. The number of carbonyl (C=O) groups excluding carboxylic acids is 1. The van der Waals surface area contributed by atoms with E-state index in [0.29, 0.717) is 16.6 Å². The Balaban J connectivity index is 1.87. The molecule has 0 saturated heterocycles. The van der Waals surface area contributed by atoms with Gasteiger partial charge in [-0.05, 0) is 25.0 Å². The molecule has 2 rings (SSSR count). The van der Waals surface area contributed by atoms with Gasteiger partial charge < -0.3 is 0 Å². The Morgan fingerprint density at radius 3 is 2.81 bits per heavy atom. The molecule has 16 heavy (non-hydrogen) atoms. The number of benzene rings is 1. The van der Waals surface area contributed by atoms with E-state index in [1.165, 1.54) is 37.8 Å². The van der Waals surface area contributed by atoms with Crippen molar-refractivity contribution in [3.05, 3.63) is 35.6 Å². The minimum absolute atomic E-state index is 0.0383. The molecule has 0 aliphatic heterocycles. The highest BCUT2D eigenvalue weighted by molar-refractivity contribution is 8.00. The molecule has 3 heteroatoms. The Hall–Kier alpha value is -0.830. The predicted octanol–water partition coefficient (Wildman–Crippen LogP) is 3.68. The zero-order chi connectivity index (χ0) is 11.4. The van der Waals surface area contributed by atoms with E-state index in [2.05, 4.69) is 0 Å². The molecule has 0 unspecified atom stereocenters. The van der Waals surface area contributed by atoms with Gasteiger partial charge in [-0.1, -0.05) is 25.0 Å². The average molecular weight is 238 g/mol. The van der Waals surface area contributed by atoms with Crippen LogP contribution in [-0.2, 0) is 0 Å². The highest BCUT2D eigenvalue weighted by atomic mass is 32.2. The molecule has 1 aliphatic carbocycles. The molecule has 0 atom stereocenters. The van der Waals surface area contributed by atoms with Crippen molar-refractivity contribution in [1.29, 1.82) is 0 Å². The van der Waals surface area contributed by atoms with Crippen LogP contribution < -0.4 is 0 Å². The SMILES string of the molecule is O=C(CSC1CCCC1)c1cccc(F)c1. The summed E-state index contributed by atoms with van der Waals surface area (Å²) in [7, 11) is 0. The summed E-state index contributed by atoms with van der Waals surface area (Å²) in [5.41, 5.74) is 0.491. The van der Waals surface area contributed by atoms with Crippen LogP contribution in [0.5, 0.6) is 0 Å². The van der Waals surface area contributed by atoms with Crippen LogP contribution >= 0.6 is 11.8 Å². The fraction of sp³-hybridized carbons (Fsp3) is 0.462. The lowest BCUT2D eigenvalue weighted by molar-refractivity contribution is 0.102. The fourth-order valence-electron chi connectivity index (χ4n) is 1.99. The summed E-state index contributed by atoms with van der Waals surface area (Å²) in [4.78, 5) is 11.8. The highest BCUT2D eigenvalue weighted by Crippen LogP contribution is 2.29. The molecule has 86 valence electrons. The molecule has 0 bridgehead atoms. The molecule has 0 radical (unpaired) electrons. The van der Waals surface area contributed by atoms with Gasteiger partial charge >= 0.3 is 0 Å². The maximum Gasteiger partial charge on any atom is 0.172 e. The van der Waals surface area contributed by atoms with Crippen LogP contribution in [0.25, 0.3) is 0 Å². The summed E-state index contributed by atoms with van der Waals surface area (Å²) >= 11 is 1.72. The Labute approximate surface area is 99.4 Å². The first-order valence-corrected chi connectivity index (χ1v) is 6.71. The van der Waals surface area contributed by atoms with Gasteiger partial charge in [-0.25, -0.2) is 4.39 Å². The lowest BCUT2D eigenvalue weighted by Gasteiger charge is -2.07. The maximum atomic E-state index is 12.9. The number of carbonyl (C=O) groups is 1. The maximum absolute atomic E-state index is 12.9. The van der Waals surface area contributed by atoms with Gasteiger partial charge in [0.2, 0.25) is 0 Å². The number of halogens is 1. The van der Waals surface area contributed by atoms with E-state index in [4.69, 9.17) is 0 Å². The first-order chi connectivity index (χ1) is 7.75. The van der Waals surface area contributed by atoms with Gasteiger partial charge in [-0.2, -0.15) is 11.8 Å². The van der Waals surface area contributed by atoms with Gasteiger partial charge in [-0.15, -0.1) is 0 Å². The van der Waals surface area contributed by atoms with Gasteiger partial charge in [0.25, 0.3) is 0 Å². The molecule has 1 nitrogen and oxygen atoms in total. The standard InChI is InChI=1S/C13H15FOS/c14-11-5-3-4-10(8-11)13(15)9-16-12-6-1-2-7-12/h3-5,8,12H,1-2,6-7,9H2. The largest absolute Gasteiger partial charge is 0.293 e. The zero-order valence-corrected chi connectivity index (χ0v) is 9.93. The van der Waals surface area contributed by atoms with Gasteiger partial charge in [0.1, 0.15) is 5.82 Å². The second kappa shape index (κ2) is 5.48. The normalized spacial score (nSPS) is 16.6. The Kier molecular flexibility index (Phi) is 3.99. The van der Waals surface area contributed by atoms with Crippen molar-refractivity contribution in [2.24, 2.45) is 0 Å². The van der Waals surface area contributed by atoms with Crippen molar-refractivity contribution in [1.82, 2.24) is 0 Å². The molecule has 1 fully saturated rings. The highest BCUT2D eigenvalue weighted by Gasteiger charge is 2.17. The lowest BCUT2D eigenvalue weighted by Crippen LogP contribution is -2.06. The number of ketones is 1. The third-order valence-corrected chi connectivity index (χ3v) is 4.27. The van der Waals surface area contributed by atoms with E-state index in [1.54, 1.807) is 23.9 Å². The quantitative estimate of drug-likeness (QED) is 0.744. The summed E-state index contributed by atoms with van der Waals surface area (Å²) in [6.45, 7) is 0. The summed E-state index contributed by atoms with van der Waals surface area (Å²) in [6.07, 6.45) is 5.01. The Morgan fingerprint density at radius 1 is 1.38 bits per heavy atom. The third kappa shape index (κ3) is 3.08. The molecule has 0 N–H and O–H groups in total. The second-order valence-electron chi connectivity index (χ2n) is 4.15. The topological polar surface area (TPSA) is 17.1 Å². The van der Waals surface area contributed by atoms with Gasteiger partial charge in [-0.3, -0.25) is 4.79 Å². The van der Waals surface area contributed by atoms with Crippen LogP contribution in [0.15, 0.2) is 24.3 Å². The second-order valence-corrected chi connectivity index (χ2v) is 5.44. The first-order valence-electron chi connectivity index (χ1n) is 5.66. The van der Waals surface area contributed by atoms with E-state index < -0.39 is 0 Å². The van der Waals surface area contributed by atoms with Crippen molar-refractivity contribution in [2.75, 3.05) is 5.75 Å². The van der Waals surface area contributed by atoms with E-state index >= 15 is 0 Å². The van der Waals surface area contributed by atoms with Crippen molar-refractivity contribution in [3.63, 3.8) is 0 Å². The molecule has 0 aromatic heterocycles. The summed E-state index contributed by atoms with van der Waals surface area (Å²) < 4.78 is 12.9. The monoisotopic (exact) mass is 238 g/mol. The van der Waals surface area contributed by atoms with E-state index in [-0.39, 0.29) is 11.6 Å². The average Bonchev–Trinajstić information content (AvgIpc) is 2.78. The summed E-state index contributed by atoms with van der Waals surface area (Å²) in [6, 6.07) is 5.95. The third-order valence-electron chi connectivity index (χ3n) is 2.90. The molecule has 1 aromatic carbocycles. The minimum Gasteiger partial charge on any atom is -0.293 e. The number of rotatable bonds is 4. The fourth-order valence-corrected chi connectivity index (χ4v) is 3.21. The zero-order valence-electron chi connectivity index (χ0n) is 9.12. The predicted molar refractivity (Wildman–Crippen MR) is 65.4 cm³/mol. The number of hydrogen-bond acceptors (Lipinski definition) is 2. The molecule has 1 aromatic rings.